The molecule has 0 radical (unpaired) electrons. The van der Waals surface area contributed by atoms with E-state index in [1.54, 1.807) is 18.2 Å². The van der Waals surface area contributed by atoms with Crippen LogP contribution >= 0.6 is 0 Å². The van der Waals surface area contributed by atoms with Gasteiger partial charge in [0.2, 0.25) is 15.9 Å². The van der Waals surface area contributed by atoms with Gasteiger partial charge >= 0.3 is 0 Å². The lowest BCUT2D eigenvalue weighted by molar-refractivity contribution is -0.120. The maximum atomic E-state index is 12.3. The topological polar surface area (TPSA) is 84.9 Å². The van der Waals surface area contributed by atoms with Gasteiger partial charge in [0.25, 0.3) is 0 Å². The van der Waals surface area contributed by atoms with Crippen molar-refractivity contribution in [1.82, 2.24) is 5.32 Å². The first-order valence-corrected chi connectivity index (χ1v) is 10.2. The van der Waals surface area contributed by atoms with E-state index >= 15 is 0 Å². The van der Waals surface area contributed by atoms with Crippen molar-refractivity contribution in [3.63, 3.8) is 0 Å². The molecule has 1 aliphatic rings. The van der Waals surface area contributed by atoms with Gasteiger partial charge in [-0.3, -0.25) is 9.10 Å². The van der Waals surface area contributed by atoms with E-state index in [9.17, 15) is 13.2 Å². The molecule has 0 saturated heterocycles. The molecule has 0 unspecified atom stereocenters. The quantitative estimate of drug-likeness (QED) is 0.793. The summed E-state index contributed by atoms with van der Waals surface area (Å²) >= 11 is 0. The van der Waals surface area contributed by atoms with Gasteiger partial charge in [0.15, 0.2) is 11.5 Å². The number of sulfonamides is 1. The molecule has 1 fully saturated rings. The van der Waals surface area contributed by atoms with Crippen LogP contribution in [0.1, 0.15) is 32.1 Å². The number of benzene rings is 1. The largest absolute Gasteiger partial charge is 0.493 e. The average molecular weight is 370 g/mol. The Labute approximate surface area is 149 Å². The zero-order valence-electron chi connectivity index (χ0n) is 14.9. The minimum Gasteiger partial charge on any atom is -0.493 e. The Morgan fingerprint density at radius 3 is 2.36 bits per heavy atom. The number of hydrogen-bond acceptors (Lipinski definition) is 5. The van der Waals surface area contributed by atoms with Gasteiger partial charge in [-0.15, -0.1) is 0 Å². The lowest BCUT2D eigenvalue weighted by Gasteiger charge is -2.26. The molecule has 1 N–H and O–H groups in total. The van der Waals surface area contributed by atoms with Crippen LogP contribution in [-0.2, 0) is 14.8 Å². The Kier molecular flexibility index (Phi) is 6.52. The molecule has 1 aromatic carbocycles. The van der Waals surface area contributed by atoms with Crippen molar-refractivity contribution in [3.05, 3.63) is 18.2 Å². The Hall–Kier alpha value is -1.96. The summed E-state index contributed by atoms with van der Waals surface area (Å²) in [4.78, 5) is 12.3. The number of nitrogens with one attached hydrogen (secondary N) is 1. The fourth-order valence-electron chi connectivity index (χ4n) is 3.03. The molecule has 0 aromatic heterocycles. The highest BCUT2D eigenvalue weighted by atomic mass is 32.2. The predicted octanol–water partition coefficient (Wildman–Crippen LogP) is 1.92. The molecular weight excluding hydrogens is 344 g/mol. The molecule has 2 rings (SSSR count). The standard InChI is InChI=1S/C17H26N2O5S/c1-23-15-10-9-14(11-16(15)24-2)19(25(3,21)22)12-17(20)18-13-7-5-4-6-8-13/h9-11,13H,4-8,12H2,1-3H3,(H,18,20). The number of rotatable bonds is 7. The minimum atomic E-state index is -3.62. The molecule has 25 heavy (non-hydrogen) atoms. The van der Waals surface area contributed by atoms with Crippen molar-refractivity contribution < 1.29 is 22.7 Å². The number of carbonyl (C=O) groups excluding carboxylic acids is 1. The monoisotopic (exact) mass is 370 g/mol. The third-order valence-corrected chi connectivity index (χ3v) is 5.45. The molecule has 1 saturated carbocycles. The SMILES string of the molecule is COc1ccc(N(CC(=O)NC2CCCCC2)S(C)(=O)=O)cc1OC. The lowest BCUT2D eigenvalue weighted by atomic mass is 9.95. The zero-order chi connectivity index (χ0) is 18.4. The van der Waals surface area contributed by atoms with Crippen LogP contribution in [0.25, 0.3) is 0 Å². The molecule has 8 heteroatoms. The van der Waals surface area contributed by atoms with E-state index in [4.69, 9.17) is 9.47 Å². The lowest BCUT2D eigenvalue weighted by Crippen LogP contribution is -2.44. The summed E-state index contributed by atoms with van der Waals surface area (Å²) in [6.07, 6.45) is 6.35. The van der Waals surface area contributed by atoms with E-state index in [2.05, 4.69) is 5.32 Å². The van der Waals surface area contributed by atoms with Gasteiger partial charge in [0, 0.05) is 12.1 Å². The van der Waals surface area contributed by atoms with Crippen molar-refractivity contribution in [1.29, 1.82) is 0 Å². The maximum Gasteiger partial charge on any atom is 0.240 e. The van der Waals surface area contributed by atoms with Gasteiger partial charge in [-0.1, -0.05) is 19.3 Å². The Morgan fingerprint density at radius 1 is 1.16 bits per heavy atom. The summed E-state index contributed by atoms with van der Waals surface area (Å²) < 4.78 is 35.8. The molecule has 0 atom stereocenters. The molecule has 1 aliphatic carbocycles. The van der Waals surface area contributed by atoms with Crippen molar-refractivity contribution in [2.45, 2.75) is 38.1 Å². The summed E-state index contributed by atoms with van der Waals surface area (Å²) in [6.45, 7) is -0.259. The summed E-state index contributed by atoms with van der Waals surface area (Å²) in [7, 11) is -0.644. The molecular formula is C17H26N2O5S. The average Bonchev–Trinajstić information content (AvgIpc) is 2.59. The predicted molar refractivity (Wildman–Crippen MR) is 96.8 cm³/mol. The van der Waals surface area contributed by atoms with Crippen LogP contribution in [0.4, 0.5) is 5.69 Å². The first-order chi connectivity index (χ1) is 11.8. The second kappa shape index (κ2) is 8.42. The Balaban J connectivity index is 2.17. The summed E-state index contributed by atoms with van der Waals surface area (Å²) in [5, 5.41) is 2.94. The van der Waals surface area contributed by atoms with Crippen LogP contribution in [0, 0.1) is 0 Å². The Bertz CT molecular complexity index is 699. The van der Waals surface area contributed by atoms with Gasteiger partial charge in [0.05, 0.1) is 26.2 Å². The molecule has 1 amide bonds. The third-order valence-electron chi connectivity index (χ3n) is 4.31. The highest BCUT2D eigenvalue weighted by Gasteiger charge is 2.24. The molecule has 0 spiro atoms. The zero-order valence-corrected chi connectivity index (χ0v) is 15.8. The number of methoxy groups -OCH3 is 2. The summed E-state index contributed by atoms with van der Waals surface area (Å²) in [5.74, 6) is 0.597. The second-order valence-corrected chi connectivity index (χ2v) is 8.12. The first kappa shape index (κ1) is 19.4. The van der Waals surface area contributed by atoms with Crippen molar-refractivity contribution in [3.8, 4) is 11.5 Å². The van der Waals surface area contributed by atoms with E-state index in [1.165, 1.54) is 20.6 Å². The number of anilines is 1. The number of nitrogens with zero attached hydrogens (tertiary/aromatic N) is 1. The molecule has 0 bridgehead atoms. The number of hydrogen-bond donors (Lipinski definition) is 1. The number of amides is 1. The fraction of sp³-hybridized carbons (Fsp3) is 0.588. The summed E-state index contributed by atoms with van der Waals surface area (Å²) in [6, 6.07) is 4.89. The minimum absolute atomic E-state index is 0.132. The van der Waals surface area contributed by atoms with Crippen LogP contribution < -0.4 is 19.1 Å². The number of ether oxygens (including phenoxy) is 2. The van der Waals surface area contributed by atoms with Gasteiger partial charge in [-0.05, 0) is 25.0 Å². The van der Waals surface area contributed by atoms with Crippen LogP contribution in [0.15, 0.2) is 18.2 Å². The van der Waals surface area contributed by atoms with Crippen LogP contribution in [0.2, 0.25) is 0 Å². The maximum absolute atomic E-state index is 12.3. The Morgan fingerprint density at radius 2 is 1.80 bits per heavy atom. The van der Waals surface area contributed by atoms with Crippen LogP contribution in [-0.4, -0.2) is 47.4 Å². The smallest absolute Gasteiger partial charge is 0.240 e. The van der Waals surface area contributed by atoms with Crippen molar-refractivity contribution in [2.75, 3.05) is 31.3 Å². The highest BCUT2D eigenvalue weighted by Crippen LogP contribution is 2.32. The van der Waals surface area contributed by atoms with Crippen LogP contribution in [0.3, 0.4) is 0 Å². The highest BCUT2D eigenvalue weighted by molar-refractivity contribution is 7.92. The van der Waals surface area contributed by atoms with E-state index in [0.717, 1.165) is 36.2 Å². The molecule has 0 heterocycles. The van der Waals surface area contributed by atoms with Gasteiger partial charge < -0.3 is 14.8 Å². The molecule has 0 aliphatic heterocycles. The van der Waals surface area contributed by atoms with Crippen LogP contribution in [0.5, 0.6) is 11.5 Å². The molecule has 1 aromatic rings. The second-order valence-electron chi connectivity index (χ2n) is 6.21. The first-order valence-electron chi connectivity index (χ1n) is 8.34. The number of carbonyl (C=O) groups is 1. The van der Waals surface area contributed by atoms with Crippen molar-refractivity contribution in [2.24, 2.45) is 0 Å². The van der Waals surface area contributed by atoms with Gasteiger partial charge in [-0.25, -0.2) is 8.42 Å². The van der Waals surface area contributed by atoms with E-state index in [-0.39, 0.29) is 18.5 Å². The summed E-state index contributed by atoms with van der Waals surface area (Å²) in [5.41, 5.74) is 0.360. The van der Waals surface area contributed by atoms with Gasteiger partial charge in [-0.2, -0.15) is 0 Å². The van der Waals surface area contributed by atoms with E-state index < -0.39 is 10.0 Å². The van der Waals surface area contributed by atoms with E-state index in [0.29, 0.717) is 17.2 Å². The molecule has 140 valence electrons. The fourth-order valence-corrected chi connectivity index (χ4v) is 3.88. The normalized spacial score (nSPS) is 15.5. The third kappa shape index (κ3) is 5.26. The van der Waals surface area contributed by atoms with E-state index in [1.807, 2.05) is 0 Å². The molecule has 7 nitrogen and oxygen atoms in total. The van der Waals surface area contributed by atoms with Gasteiger partial charge in [0.1, 0.15) is 6.54 Å². The van der Waals surface area contributed by atoms with Crippen molar-refractivity contribution >= 4 is 21.6 Å².